The number of hydrogen-bond acceptors (Lipinski definition) is 4. The smallest absolute Gasteiger partial charge is 0.164 e. The van der Waals surface area contributed by atoms with Gasteiger partial charge in [0.1, 0.15) is 5.75 Å². The molecule has 144 valence electrons. The molecule has 2 aromatic rings. The molecule has 3 rings (SSSR count). The van der Waals surface area contributed by atoms with E-state index in [0.29, 0.717) is 13.2 Å². The van der Waals surface area contributed by atoms with E-state index in [4.69, 9.17) is 18.9 Å². The lowest BCUT2D eigenvalue weighted by atomic mass is 9.89. The van der Waals surface area contributed by atoms with Crippen LogP contribution in [0.2, 0.25) is 0 Å². The first kappa shape index (κ1) is 19.6. The first-order chi connectivity index (χ1) is 13.0. The van der Waals surface area contributed by atoms with Crippen LogP contribution in [-0.4, -0.2) is 25.6 Å². The molecule has 1 saturated heterocycles. The molecule has 4 heteroatoms. The SMILES string of the molecule is C=C[C@@H]1[C@H](COCc2ccc(OC)cc2)OC(C)(C)O[C@@H]1c1ccccc1. The molecule has 0 aliphatic carbocycles. The topological polar surface area (TPSA) is 36.9 Å². The molecule has 2 aromatic carbocycles. The van der Waals surface area contributed by atoms with Crippen molar-refractivity contribution < 1.29 is 18.9 Å². The second kappa shape index (κ2) is 8.70. The zero-order chi connectivity index (χ0) is 19.3. The molecule has 27 heavy (non-hydrogen) atoms. The Kier molecular flexibility index (Phi) is 6.32. The summed E-state index contributed by atoms with van der Waals surface area (Å²) in [5, 5.41) is 0. The standard InChI is InChI=1S/C23H28O4/c1-5-20-21(16-25-15-17-11-13-19(24-4)14-12-17)26-23(2,3)27-22(20)18-9-7-6-8-10-18/h5-14,20-22H,1,15-16H2,2-4H3/t20-,21+,22-/m1/s1. The maximum absolute atomic E-state index is 6.22. The van der Waals surface area contributed by atoms with Gasteiger partial charge in [0.05, 0.1) is 32.5 Å². The Bertz CT molecular complexity index is 724. The van der Waals surface area contributed by atoms with Crippen molar-refractivity contribution in [1.29, 1.82) is 0 Å². The van der Waals surface area contributed by atoms with Crippen LogP contribution in [0.15, 0.2) is 67.3 Å². The number of rotatable bonds is 7. The van der Waals surface area contributed by atoms with Gasteiger partial charge >= 0.3 is 0 Å². The van der Waals surface area contributed by atoms with Crippen LogP contribution in [-0.2, 0) is 20.8 Å². The normalized spacial score (nSPS) is 24.3. The van der Waals surface area contributed by atoms with Crippen molar-refractivity contribution in [3.8, 4) is 5.75 Å². The zero-order valence-electron chi connectivity index (χ0n) is 16.3. The maximum Gasteiger partial charge on any atom is 0.164 e. The molecular weight excluding hydrogens is 340 g/mol. The van der Waals surface area contributed by atoms with Crippen molar-refractivity contribution in [2.45, 2.75) is 38.4 Å². The van der Waals surface area contributed by atoms with E-state index in [-0.39, 0.29) is 18.1 Å². The summed E-state index contributed by atoms with van der Waals surface area (Å²) in [5.74, 6) is 0.163. The van der Waals surface area contributed by atoms with Crippen molar-refractivity contribution in [2.75, 3.05) is 13.7 Å². The zero-order valence-corrected chi connectivity index (χ0v) is 16.3. The third kappa shape index (κ3) is 4.98. The van der Waals surface area contributed by atoms with E-state index in [1.807, 2.05) is 62.4 Å². The highest BCUT2D eigenvalue weighted by molar-refractivity contribution is 5.26. The van der Waals surface area contributed by atoms with Gasteiger partial charge in [-0.05, 0) is 37.1 Å². The second-order valence-electron chi connectivity index (χ2n) is 7.18. The Labute approximate surface area is 161 Å². The molecule has 1 heterocycles. The van der Waals surface area contributed by atoms with Crippen LogP contribution in [0.3, 0.4) is 0 Å². The Balaban J connectivity index is 1.67. The van der Waals surface area contributed by atoms with E-state index >= 15 is 0 Å². The molecule has 3 atom stereocenters. The van der Waals surface area contributed by atoms with E-state index in [1.54, 1.807) is 7.11 Å². The quantitative estimate of drug-likeness (QED) is 0.651. The molecule has 4 nitrogen and oxygen atoms in total. The van der Waals surface area contributed by atoms with Gasteiger partial charge in [-0.2, -0.15) is 0 Å². The molecule has 0 bridgehead atoms. The number of ether oxygens (including phenoxy) is 4. The van der Waals surface area contributed by atoms with Crippen LogP contribution in [0.5, 0.6) is 5.75 Å². The molecule has 0 spiro atoms. The molecule has 0 amide bonds. The lowest BCUT2D eigenvalue weighted by Crippen LogP contribution is -2.48. The van der Waals surface area contributed by atoms with Crippen molar-refractivity contribution >= 4 is 0 Å². The molecular formula is C23H28O4. The highest BCUT2D eigenvalue weighted by Crippen LogP contribution is 2.41. The van der Waals surface area contributed by atoms with Gasteiger partial charge in [0.15, 0.2) is 5.79 Å². The molecule has 0 N–H and O–H groups in total. The van der Waals surface area contributed by atoms with Crippen LogP contribution in [0.25, 0.3) is 0 Å². The third-order valence-electron chi connectivity index (χ3n) is 4.74. The monoisotopic (exact) mass is 368 g/mol. The largest absolute Gasteiger partial charge is 0.497 e. The lowest BCUT2D eigenvalue weighted by Gasteiger charge is -2.45. The lowest BCUT2D eigenvalue weighted by molar-refractivity contribution is -0.323. The molecule has 0 saturated carbocycles. The summed E-state index contributed by atoms with van der Waals surface area (Å²) in [7, 11) is 1.66. The Hall–Kier alpha value is -2.14. The fraction of sp³-hybridized carbons (Fsp3) is 0.391. The van der Waals surface area contributed by atoms with Gasteiger partial charge < -0.3 is 18.9 Å². The van der Waals surface area contributed by atoms with Gasteiger partial charge in [-0.3, -0.25) is 0 Å². The van der Waals surface area contributed by atoms with E-state index < -0.39 is 5.79 Å². The predicted molar refractivity (Wildman–Crippen MR) is 106 cm³/mol. The van der Waals surface area contributed by atoms with Crippen molar-refractivity contribution in [3.63, 3.8) is 0 Å². The number of methoxy groups -OCH3 is 1. The first-order valence-corrected chi connectivity index (χ1v) is 9.26. The Morgan fingerprint density at radius 2 is 1.74 bits per heavy atom. The van der Waals surface area contributed by atoms with E-state index in [0.717, 1.165) is 16.9 Å². The van der Waals surface area contributed by atoms with Crippen LogP contribution >= 0.6 is 0 Å². The molecule has 1 aliphatic heterocycles. The Morgan fingerprint density at radius 1 is 1.04 bits per heavy atom. The summed E-state index contributed by atoms with van der Waals surface area (Å²) in [6.07, 6.45) is 1.67. The second-order valence-corrected chi connectivity index (χ2v) is 7.18. The first-order valence-electron chi connectivity index (χ1n) is 9.26. The number of benzene rings is 2. The molecule has 0 unspecified atom stereocenters. The minimum Gasteiger partial charge on any atom is -0.497 e. The molecule has 0 radical (unpaired) electrons. The van der Waals surface area contributed by atoms with Gasteiger partial charge in [-0.25, -0.2) is 0 Å². The van der Waals surface area contributed by atoms with Crippen LogP contribution in [0.1, 0.15) is 31.1 Å². The van der Waals surface area contributed by atoms with Gasteiger partial charge in [-0.15, -0.1) is 6.58 Å². The van der Waals surface area contributed by atoms with Gasteiger partial charge in [0.25, 0.3) is 0 Å². The number of hydrogen-bond donors (Lipinski definition) is 0. The summed E-state index contributed by atoms with van der Waals surface area (Å²) in [6.45, 7) is 8.89. The average molecular weight is 368 g/mol. The Morgan fingerprint density at radius 3 is 2.37 bits per heavy atom. The van der Waals surface area contributed by atoms with Crippen LogP contribution in [0.4, 0.5) is 0 Å². The summed E-state index contributed by atoms with van der Waals surface area (Å²) in [5.41, 5.74) is 2.22. The highest BCUT2D eigenvalue weighted by Gasteiger charge is 2.42. The fourth-order valence-corrected chi connectivity index (χ4v) is 3.42. The van der Waals surface area contributed by atoms with Gasteiger partial charge in [0, 0.05) is 5.92 Å². The van der Waals surface area contributed by atoms with Crippen molar-refractivity contribution in [2.24, 2.45) is 5.92 Å². The fourth-order valence-electron chi connectivity index (χ4n) is 3.42. The van der Waals surface area contributed by atoms with Crippen molar-refractivity contribution in [1.82, 2.24) is 0 Å². The summed E-state index contributed by atoms with van der Waals surface area (Å²) >= 11 is 0. The van der Waals surface area contributed by atoms with Gasteiger partial charge in [0.2, 0.25) is 0 Å². The predicted octanol–water partition coefficient (Wildman–Crippen LogP) is 4.91. The minimum atomic E-state index is -0.686. The van der Waals surface area contributed by atoms with E-state index in [1.165, 1.54) is 0 Å². The third-order valence-corrected chi connectivity index (χ3v) is 4.74. The average Bonchev–Trinajstić information content (AvgIpc) is 2.68. The summed E-state index contributed by atoms with van der Waals surface area (Å²) < 4.78 is 23.5. The van der Waals surface area contributed by atoms with Crippen LogP contribution in [0, 0.1) is 5.92 Å². The van der Waals surface area contributed by atoms with Gasteiger partial charge in [-0.1, -0.05) is 48.5 Å². The van der Waals surface area contributed by atoms with Crippen LogP contribution < -0.4 is 4.74 Å². The maximum atomic E-state index is 6.22. The molecule has 1 aliphatic rings. The highest BCUT2D eigenvalue weighted by atomic mass is 16.7. The molecule has 0 aromatic heterocycles. The van der Waals surface area contributed by atoms with E-state index in [2.05, 4.69) is 18.7 Å². The van der Waals surface area contributed by atoms with Crippen molar-refractivity contribution in [3.05, 3.63) is 78.4 Å². The summed E-state index contributed by atoms with van der Waals surface area (Å²) in [6, 6.07) is 18.1. The minimum absolute atomic E-state index is 0.0105. The molecule has 1 fully saturated rings. The van der Waals surface area contributed by atoms with E-state index in [9.17, 15) is 0 Å². The summed E-state index contributed by atoms with van der Waals surface area (Å²) in [4.78, 5) is 0.